The lowest BCUT2D eigenvalue weighted by atomic mass is 10.2. The van der Waals surface area contributed by atoms with E-state index in [2.05, 4.69) is 39.2 Å². The van der Waals surface area contributed by atoms with E-state index in [1.165, 1.54) is 0 Å². The van der Waals surface area contributed by atoms with Gasteiger partial charge in [0.15, 0.2) is 0 Å². The van der Waals surface area contributed by atoms with Gasteiger partial charge in [0.1, 0.15) is 17.5 Å². The Kier molecular flexibility index (Phi) is 4.55. The summed E-state index contributed by atoms with van der Waals surface area (Å²) in [6.45, 7) is 4.70. The van der Waals surface area contributed by atoms with Crippen molar-refractivity contribution in [3.63, 3.8) is 0 Å². The number of aryl methyl sites for hydroxylation is 1. The fraction of sp³-hybridized carbons (Fsp3) is 0.692. The second kappa shape index (κ2) is 6.16. The minimum atomic E-state index is 0.0989. The topological polar surface area (TPSA) is 64.5 Å². The van der Waals surface area contributed by atoms with Crippen LogP contribution < -0.4 is 10.2 Å². The molecule has 1 aromatic rings. The lowest BCUT2D eigenvalue weighted by molar-refractivity contribution is 0.311. The predicted octanol–water partition coefficient (Wildman–Crippen LogP) is 0.330. The van der Waals surface area contributed by atoms with Crippen molar-refractivity contribution < 1.29 is 5.11 Å². The van der Waals surface area contributed by atoms with Crippen LogP contribution in [0.4, 0.5) is 11.6 Å². The highest BCUT2D eigenvalue weighted by Gasteiger charge is 2.24. The molecule has 0 saturated carbocycles. The zero-order chi connectivity index (χ0) is 13.8. The quantitative estimate of drug-likeness (QED) is 0.800. The van der Waals surface area contributed by atoms with E-state index >= 15 is 0 Å². The molecule has 2 N–H and O–H groups in total. The van der Waals surface area contributed by atoms with E-state index in [9.17, 15) is 0 Å². The van der Waals surface area contributed by atoms with Gasteiger partial charge in [-0.2, -0.15) is 0 Å². The van der Waals surface area contributed by atoms with Gasteiger partial charge in [-0.1, -0.05) is 0 Å². The van der Waals surface area contributed by atoms with Crippen LogP contribution in [0.15, 0.2) is 6.07 Å². The van der Waals surface area contributed by atoms with Crippen LogP contribution in [0.2, 0.25) is 0 Å². The fourth-order valence-corrected chi connectivity index (χ4v) is 2.42. The number of nitrogens with zero attached hydrogens (tertiary/aromatic N) is 4. The molecule has 2 heterocycles. The summed E-state index contributed by atoms with van der Waals surface area (Å²) in [5.41, 5.74) is 0. The molecular weight excluding hydrogens is 242 g/mol. The molecule has 1 aliphatic heterocycles. The van der Waals surface area contributed by atoms with Crippen molar-refractivity contribution in [3.8, 4) is 0 Å². The maximum atomic E-state index is 8.86. The van der Waals surface area contributed by atoms with Crippen LogP contribution in [0.3, 0.4) is 0 Å². The summed E-state index contributed by atoms with van der Waals surface area (Å²) in [5, 5.41) is 11.9. The third-order valence-corrected chi connectivity index (χ3v) is 3.52. The molecule has 2 rings (SSSR count). The normalized spacial score (nSPS) is 19.7. The number of aromatic nitrogens is 2. The molecule has 1 saturated heterocycles. The van der Waals surface area contributed by atoms with E-state index < -0.39 is 0 Å². The van der Waals surface area contributed by atoms with Crippen LogP contribution in [0.5, 0.6) is 0 Å². The summed E-state index contributed by atoms with van der Waals surface area (Å²) < 4.78 is 0. The minimum absolute atomic E-state index is 0.0989. The van der Waals surface area contributed by atoms with Gasteiger partial charge < -0.3 is 20.2 Å². The second-order valence-electron chi connectivity index (χ2n) is 5.12. The van der Waals surface area contributed by atoms with Gasteiger partial charge in [0.05, 0.1) is 6.61 Å². The summed E-state index contributed by atoms with van der Waals surface area (Å²) in [6.07, 6.45) is 1.16. The van der Waals surface area contributed by atoms with Crippen LogP contribution in [-0.4, -0.2) is 66.4 Å². The van der Waals surface area contributed by atoms with Crippen molar-refractivity contribution in [1.82, 2.24) is 14.9 Å². The van der Waals surface area contributed by atoms with Crippen molar-refractivity contribution in [2.45, 2.75) is 19.4 Å². The highest BCUT2D eigenvalue weighted by molar-refractivity contribution is 5.49. The molecule has 0 amide bonds. The molecule has 0 bridgehead atoms. The van der Waals surface area contributed by atoms with Gasteiger partial charge in [-0.15, -0.1) is 0 Å². The Labute approximate surface area is 114 Å². The summed E-state index contributed by atoms with van der Waals surface area (Å²) in [6, 6.07) is 2.45. The Bertz CT molecular complexity index is 425. The Morgan fingerprint density at radius 1 is 1.53 bits per heavy atom. The molecule has 0 radical (unpaired) electrons. The van der Waals surface area contributed by atoms with E-state index in [1.54, 1.807) is 0 Å². The van der Waals surface area contributed by atoms with Gasteiger partial charge in [-0.25, -0.2) is 9.97 Å². The van der Waals surface area contributed by atoms with E-state index in [0.29, 0.717) is 12.6 Å². The first-order valence-electron chi connectivity index (χ1n) is 6.72. The van der Waals surface area contributed by atoms with E-state index in [0.717, 1.165) is 37.0 Å². The molecule has 1 aromatic heterocycles. The third kappa shape index (κ3) is 3.54. The van der Waals surface area contributed by atoms with E-state index in [4.69, 9.17) is 5.11 Å². The highest BCUT2D eigenvalue weighted by atomic mass is 16.3. The fourth-order valence-electron chi connectivity index (χ4n) is 2.42. The van der Waals surface area contributed by atoms with Crippen molar-refractivity contribution in [3.05, 3.63) is 11.9 Å². The summed E-state index contributed by atoms with van der Waals surface area (Å²) >= 11 is 0. The van der Waals surface area contributed by atoms with Crippen molar-refractivity contribution in [2.75, 3.05) is 50.6 Å². The average molecular weight is 265 g/mol. The Morgan fingerprint density at radius 2 is 2.32 bits per heavy atom. The summed E-state index contributed by atoms with van der Waals surface area (Å²) in [7, 11) is 4.23. The molecule has 106 valence electrons. The number of nitrogens with one attached hydrogen (secondary N) is 1. The molecule has 6 nitrogen and oxygen atoms in total. The molecule has 0 aliphatic carbocycles. The number of hydrogen-bond acceptors (Lipinski definition) is 6. The number of aliphatic hydroxyl groups excluding tert-OH is 1. The zero-order valence-corrected chi connectivity index (χ0v) is 11.9. The number of rotatable bonds is 5. The first-order chi connectivity index (χ1) is 9.10. The van der Waals surface area contributed by atoms with Crippen LogP contribution in [-0.2, 0) is 0 Å². The van der Waals surface area contributed by atoms with Gasteiger partial charge in [-0.3, -0.25) is 0 Å². The zero-order valence-electron chi connectivity index (χ0n) is 11.9. The van der Waals surface area contributed by atoms with E-state index in [1.807, 2.05) is 13.0 Å². The van der Waals surface area contributed by atoms with Gasteiger partial charge in [0, 0.05) is 32.2 Å². The predicted molar refractivity (Wildman–Crippen MR) is 76.6 cm³/mol. The molecule has 1 unspecified atom stereocenters. The lowest BCUT2D eigenvalue weighted by Gasteiger charge is -2.26. The van der Waals surface area contributed by atoms with Crippen LogP contribution >= 0.6 is 0 Å². The molecule has 19 heavy (non-hydrogen) atoms. The number of aliphatic hydroxyl groups is 1. The Balaban J connectivity index is 2.12. The molecule has 1 fully saturated rings. The Morgan fingerprint density at radius 3 is 2.95 bits per heavy atom. The molecule has 0 aromatic carbocycles. The maximum Gasteiger partial charge on any atom is 0.134 e. The largest absolute Gasteiger partial charge is 0.395 e. The smallest absolute Gasteiger partial charge is 0.134 e. The SMILES string of the molecule is Cc1nc(NCCO)cc(N(C)C2CCN(C)C2)n1. The first kappa shape index (κ1) is 14.0. The maximum absolute atomic E-state index is 8.86. The third-order valence-electron chi connectivity index (χ3n) is 3.52. The molecule has 0 spiro atoms. The van der Waals surface area contributed by atoms with Crippen LogP contribution in [0.25, 0.3) is 0 Å². The van der Waals surface area contributed by atoms with E-state index in [-0.39, 0.29) is 6.61 Å². The summed E-state index contributed by atoms with van der Waals surface area (Å²) in [4.78, 5) is 13.4. The Hall–Kier alpha value is -1.40. The lowest BCUT2D eigenvalue weighted by Crippen LogP contribution is -2.34. The second-order valence-corrected chi connectivity index (χ2v) is 5.12. The first-order valence-corrected chi connectivity index (χ1v) is 6.72. The van der Waals surface area contributed by atoms with Crippen LogP contribution in [0.1, 0.15) is 12.2 Å². The van der Waals surface area contributed by atoms with Gasteiger partial charge in [0.2, 0.25) is 0 Å². The minimum Gasteiger partial charge on any atom is -0.395 e. The van der Waals surface area contributed by atoms with Gasteiger partial charge in [-0.05, 0) is 26.9 Å². The van der Waals surface area contributed by atoms with Crippen molar-refractivity contribution >= 4 is 11.6 Å². The van der Waals surface area contributed by atoms with Gasteiger partial charge >= 0.3 is 0 Å². The van der Waals surface area contributed by atoms with Crippen molar-refractivity contribution in [2.24, 2.45) is 0 Å². The van der Waals surface area contributed by atoms with Crippen LogP contribution in [0, 0.1) is 6.92 Å². The molecule has 1 aliphatic rings. The monoisotopic (exact) mass is 265 g/mol. The van der Waals surface area contributed by atoms with Crippen molar-refractivity contribution in [1.29, 1.82) is 0 Å². The average Bonchev–Trinajstić information content (AvgIpc) is 2.81. The number of likely N-dealkylation sites (tertiary alicyclic amines) is 1. The van der Waals surface area contributed by atoms with Gasteiger partial charge in [0.25, 0.3) is 0 Å². The molecule has 1 atom stereocenters. The molecule has 6 heteroatoms. The number of likely N-dealkylation sites (N-methyl/N-ethyl adjacent to an activating group) is 2. The summed E-state index contributed by atoms with van der Waals surface area (Å²) in [5.74, 6) is 2.46. The highest BCUT2D eigenvalue weighted by Crippen LogP contribution is 2.21. The standard InChI is InChI=1S/C13H23N5O/c1-10-15-12(14-5-7-19)8-13(16-10)18(3)11-4-6-17(2)9-11/h8,11,19H,4-7,9H2,1-3H3,(H,14,15,16). The number of hydrogen-bond donors (Lipinski definition) is 2. The molecular formula is C13H23N5O. The number of anilines is 2.